The van der Waals surface area contributed by atoms with E-state index in [4.69, 9.17) is 0 Å². The second-order valence-electron chi connectivity index (χ2n) is 3.06. The van der Waals surface area contributed by atoms with Gasteiger partial charge in [0.25, 0.3) is 5.78 Å². The van der Waals surface area contributed by atoms with Crippen LogP contribution in [0.1, 0.15) is 15.2 Å². The van der Waals surface area contributed by atoms with Crippen LogP contribution in [0, 0.1) is 0 Å². The van der Waals surface area contributed by atoms with Crippen LogP contribution in [0.2, 0.25) is 0 Å². The van der Waals surface area contributed by atoms with Gasteiger partial charge < -0.3 is 0 Å². The average Bonchev–Trinajstić information content (AvgIpc) is 2.67. The molecule has 2 aromatic rings. The molecule has 3 rings (SSSR count). The number of aromatic nitrogens is 1. The Bertz CT molecular complexity index is 551. The number of hydrogen-bond donors (Lipinski definition) is 0. The van der Waals surface area contributed by atoms with Gasteiger partial charge in [0.05, 0.1) is 11.1 Å². The number of rotatable bonds is 0. The first-order valence-electron chi connectivity index (χ1n) is 3.98. The van der Waals surface area contributed by atoms with E-state index in [2.05, 4.69) is 0 Å². The van der Waals surface area contributed by atoms with Crippen LogP contribution in [0.25, 0.3) is 10.9 Å². The fourth-order valence-electron chi connectivity index (χ4n) is 1.77. The summed E-state index contributed by atoms with van der Waals surface area (Å²) in [6, 6.07) is 7.20. The molecule has 0 aliphatic carbocycles. The lowest BCUT2D eigenvalue weighted by molar-refractivity contribution is 0.0781. The minimum Gasteiger partial charge on any atom is -0.283 e. The van der Waals surface area contributed by atoms with Crippen molar-refractivity contribution in [2.75, 3.05) is 0 Å². The number of hydrogen-bond acceptors (Lipinski definition) is 2. The Hall–Kier alpha value is -1.90. The first-order chi connectivity index (χ1) is 6.29. The molecule has 0 N–H and O–H groups in total. The molecule has 1 aliphatic heterocycles. The van der Waals surface area contributed by atoms with Crippen LogP contribution >= 0.6 is 0 Å². The van der Waals surface area contributed by atoms with Gasteiger partial charge in [-0.3, -0.25) is 14.2 Å². The number of nitrogens with zero attached hydrogens (tertiary/aromatic N) is 1. The van der Waals surface area contributed by atoms with Gasteiger partial charge in [-0.05, 0) is 12.1 Å². The monoisotopic (exact) mass is 171 g/mol. The van der Waals surface area contributed by atoms with Gasteiger partial charge in [0, 0.05) is 11.6 Å². The largest absolute Gasteiger partial charge is 0.303 e. The van der Waals surface area contributed by atoms with Gasteiger partial charge in [0.1, 0.15) is 0 Å². The summed E-state index contributed by atoms with van der Waals surface area (Å²) in [4.78, 5) is 22.7. The van der Waals surface area contributed by atoms with Crippen LogP contribution in [0.15, 0.2) is 30.5 Å². The number of carbonyl (C=O) groups excluding carboxylic acids is 2. The molecule has 0 radical (unpaired) electrons. The van der Waals surface area contributed by atoms with Crippen molar-refractivity contribution in [3.8, 4) is 0 Å². The fraction of sp³-hybridized carbons (Fsp3) is 0. The second kappa shape index (κ2) is 1.88. The molecule has 3 nitrogen and oxygen atoms in total. The lowest BCUT2D eigenvalue weighted by Crippen LogP contribution is -2.12. The standard InChI is InChI=1S/C10H5NO2/c12-9-7-3-1-2-6-4-5-11(8(6)7)10(9)13/h1-5H. The molecular formula is C10H5NO2. The number of benzene rings is 1. The van der Waals surface area contributed by atoms with E-state index >= 15 is 0 Å². The van der Waals surface area contributed by atoms with Crippen LogP contribution in [0.5, 0.6) is 0 Å². The Kier molecular flexibility index (Phi) is 0.953. The highest BCUT2D eigenvalue weighted by atomic mass is 16.2. The van der Waals surface area contributed by atoms with E-state index in [1.165, 1.54) is 4.57 Å². The Labute approximate surface area is 73.6 Å². The van der Waals surface area contributed by atoms with E-state index in [0.717, 1.165) is 10.9 Å². The van der Waals surface area contributed by atoms with E-state index in [1.807, 2.05) is 12.1 Å². The molecule has 3 heteroatoms. The maximum Gasteiger partial charge on any atom is 0.303 e. The smallest absolute Gasteiger partial charge is 0.283 e. The van der Waals surface area contributed by atoms with E-state index < -0.39 is 11.7 Å². The normalized spacial score (nSPS) is 14.5. The molecular weight excluding hydrogens is 166 g/mol. The first kappa shape index (κ1) is 6.60. The molecule has 0 bridgehead atoms. The molecule has 1 aromatic heterocycles. The summed E-state index contributed by atoms with van der Waals surface area (Å²) in [7, 11) is 0. The van der Waals surface area contributed by atoms with Crippen molar-refractivity contribution in [1.82, 2.24) is 4.57 Å². The predicted octanol–water partition coefficient (Wildman–Crippen LogP) is 1.48. The van der Waals surface area contributed by atoms with Gasteiger partial charge in [-0.2, -0.15) is 0 Å². The molecule has 0 spiro atoms. The zero-order valence-corrected chi connectivity index (χ0v) is 6.65. The third kappa shape index (κ3) is 0.605. The quantitative estimate of drug-likeness (QED) is 0.563. The molecule has 1 aromatic carbocycles. The third-order valence-corrected chi connectivity index (χ3v) is 2.37. The summed E-state index contributed by atoms with van der Waals surface area (Å²) in [5.74, 6) is -0.850. The van der Waals surface area contributed by atoms with Gasteiger partial charge >= 0.3 is 5.91 Å². The summed E-state index contributed by atoms with van der Waals surface area (Å²) in [5, 5.41) is 0.941. The fourth-order valence-corrected chi connectivity index (χ4v) is 1.77. The molecule has 1 aliphatic rings. The van der Waals surface area contributed by atoms with Crippen LogP contribution in [0.3, 0.4) is 0 Å². The number of carbonyl (C=O) groups is 2. The summed E-state index contributed by atoms with van der Waals surface area (Å²) in [6.07, 6.45) is 1.64. The molecule has 0 unspecified atom stereocenters. The molecule has 2 heterocycles. The number of Topliss-reactive ketones (excluding diaryl/α,β-unsaturated/α-hetero) is 1. The van der Waals surface area contributed by atoms with Crippen LogP contribution < -0.4 is 0 Å². The molecule has 62 valence electrons. The van der Waals surface area contributed by atoms with E-state index in [9.17, 15) is 9.59 Å². The van der Waals surface area contributed by atoms with E-state index in [0.29, 0.717) is 5.56 Å². The van der Waals surface area contributed by atoms with Crippen molar-refractivity contribution in [3.05, 3.63) is 36.0 Å². The van der Waals surface area contributed by atoms with Crippen LogP contribution in [-0.4, -0.2) is 16.3 Å². The third-order valence-electron chi connectivity index (χ3n) is 2.37. The molecule has 0 fully saturated rings. The molecule has 13 heavy (non-hydrogen) atoms. The minimum absolute atomic E-state index is 0.402. The zero-order chi connectivity index (χ0) is 9.00. The zero-order valence-electron chi connectivity index (χ0n) is 6.65. The summed E-state index contributed by atoms with van der Waals surface area (Å²) in [5.41, 5.74) is 1.27. The van der Waals surface area contributed by atoms with Gasteiger partial charge in [-0.25, -0.2) is 0 Å². The second-order valence-corrected chi connectivity index (χ2v) is 3.06. The summed E-state index contributed by atoms with van der Waals surface area (Å²) in [6.45, 7) is 0. The Morgan fingerprint density at radius 1 is 1.08 bits per heavy atom. The van der Waals surface area contributed by atoms with Crippen molar-refractivity contribution >= 4 is 22.6 Å². The van der Waals surface area contributed by atoms with Crippen LogP contribution in [-0.2, 0) is 0 Å². The maximum atomic E-state index is 11.4. The van der Waals surface area contributed by atoms with Crippen molar-refractivity contribution in [2.45, 2.75) is 0 Å². The Balaban J connectivity index is 2.62. The van der Waals surface area contributed by atoms with Crippen LogP contribution in [0.4, 0.5) is 0 Å². The Morgan fingerprint density at radius 2 is 1.92 bits per heavy atom. The highest BCUT2D eigenvalue weighted by Gasteiger charge is 2.29. The molecule has 0 amide bonds. The van der Waals surface area contributed by atoms with E-state index in [1.54, 1.807) is 18.3 Å². The first-order valence-corrected chi connectivity index (χ1v) is 3.98. The lowest BCUT2D eigenvalue weighted by atomic mass is 10.1. The summed E-state index contributed by atoms with van der Waals surface area (Å²) < 4.78 is 1.41. The molecule has 0 saturated heterocycles. The van der Waals surface area contributed by atoms with Crippen molar-refractivity contribution in [3.63, 3.8) is 0 Å². The summed E-state index contributed by atoms with van der Waals surface area (Å²) >= 11 is 0. The topological polar surface area (TPSA) is 39.1 Å². The van der Waals surface area contributed by atoms with Gasteiger partial charge in [0.2, 0.25) is 0 Å². The predicted molar refractivity (Wildman–Crippen MR) is 46.9 cm³/mol. The minimum atomic E-state index is -0.448. The number of ketones is 1. The lowest BCUT2D eigenvalue weighted by Gasteiger charge is -1.89. The maximum absolute atomic E-state index is 11.4. The Morgan fingerprint density at radius 3 is 2.77 bits per heavy atom. The van der Waals surface area contributed by atoms with E-state index in [-0.39, 0.29) is 0 Å². The van der Waals surface area contributed by atoms with Crippen molar-refractivity contribution in [1.29, 1.82) is 0 Å². The highest BCUT2D eigenvalue weighted by Crippen LogP contribution is 2.26. The van der Waals surface area contributed by atoms with Gasteiger partial charge in [-0.15, -0.1) is 0 Å². The average molecular weight is 171 g/mol. The van der Waals surface area contributed by atoms with Gasteiger partial charge in [-0.1, -0.05) is 12.1 Å². The van der Waals surface area contributed by atoms with Crippen molar-refractivity contribution in [2.24, 2.45) is 0 Å². The van der Waals surface area contributed by atoms with Gasteiger partial charge in [0.15, 0.2) is 0 Å². The molecule has 0 atom stereocenters. The molecule has 0 saturated carbocycles. The van der Waals surface area contributed by atoms with Crippen molar-refractivity contribution < 1.29 is 9.59 Å². The number of para-hydroxylation sites is 1. The highest BCUT2D eigenvalue weighted by molar-refractivity contribution is 6.49. The SMILES string of the molecule is O=C1C(=O)n2ccc3cccc1c32.